The fourth-order valence-corrected chi connectivity index (χ4v) is 1.68. The van der Waals surface area contributed by atoms with Crippen LogP contribution in [0.4, 0.5) is 0 Å². The van der Waals surface area contributed by atoms with Gasteiger partial charge in [0.25, 0.3) is 11.8 Å². The van der Waals surface area contributed by atoms with Crippen LogP contribution in [0.5, 0.6) is 5.75 Å². The molecule has 21 heavy (non-hydrogen) atoms. The van der Waals surface area contributed by atoms with E-state index in [0.29, 0.717) is 11.3 Å². The predicted octanol–water partition coefficient (Wildman–Crippen LogP) is -0.125. The third-order valence-corrected chi connectivity index (χ3v) is 2.81. The first-order valence-corrected chi connectivity index (χ1v) is 6.18. The molecule has 2 amide bonds. The Balaban J connectivity index is 2.23. The van der Waals surface area contributed by atoms with Gasteiger partial charge < -0.3 is 9.84 Å². The maximum Gasteiger partial charge on any atom is 0.273 e. The van der Waals surface area contributed by atoms with Crippen LogP contribution < -0.4 is 15.6 Å². The van der Waals surface area contributed by atoms with E-state index in [4.69, 9.17) is 4.74 Å². The summed E-state index contributed by atoms with van der Waals surface area (Å²) in [7, 11) is 1.49. The number of aliphatic hydroxyl groups is 1. The number of hydrogen-bond donors (Lipinski definition) is 3. The van der Waals surface area contributed by atoms with Crippen molar-refractivity contribution in [3.8, 4) is 5.75 Å². The van der Waals surface area contributed by atoms with Gasteiger partial charge in [-0.15, -0.1) is 0 Å². The van der Waals surface area contributed by atoms with Gasteiger partial charge in [0.05, 0.1) is 18.9 Å². The monoisotopic (exact) mass is 292 g/mol. The third-order valence-electron chi connectivity index (χ3n) is 2.81. The Bertz CT molecular complexity index is 687. The first-order chi connectivity index (χ1) is 9.84. The Morgan fingerprint density at radius 3 is 2.71 bits per heavy atom. The molecular formula is C13H16N4O4. The molecule has 0 fully saturated rings. The molecule has 112 valence electrons. The van der Waals surface area contributed by atoms with E-state index >= 15 is 0 Å². The van der Waals surface area contributed by atoms with E-state index in [-0.39, 0.29) is 5.56 Å². The number of nitrogens with zero attached hydrogens (tertiary/aromatic N) is 2. The average molecular weight is 292 g/mol. The Hall–Kier alpha value is -2.61. The van der Waals surface area contributed by atoms with Gasteiger partial charge in [0.15, 0.2) is 0 Å². The van der Waals surface area contributed by atoms with Gasteiger partial charge >= 0.3 is 0 Å². The van der Waals surface area contributed by atoms with Crippen molar-refractivity contribution in [3.05, 3.63) is 30.1 Å². The van der Waals surface area contributed by atoms with Crippen LogP contribution in [-0.4, -0.2) is 39.2 Å². The second-order valence-electron chi connectivity index (χ2n) is 4.90. The molecule has 8 nitrogen and oxygen atoms in total. The van der Waals surface area contributed by atoms with E-state index in [2.05, 4.69) is 16.0 Å². The lowest BCUT2D eigenvalue weighted by atomic mass is 10.1. The molecule has 2 aromatic heterocycles. The fraction of sp³-hybridized carbons (Fsp3) is 0.308. The van der Waals surface area contributed by atoms with Crippen molar-refractivity contribution in [2.45, 2.75) is 19.4 Å². The molecule has 0 aliphatic carbocycles. The van der Waals surface area contributed by atoms with Crippen LogP contribution in [-0.2, 0) is 4.79 Å². The quantitative estimate of drug-likeness (QED) is 0.684. The summed E-state index contributed by atoms with van der Waals surface area (Å²) in [6, 6.07) is 3.43. The van der Waals surface area contributed by atoms with Crippen molar-refractivity contribution in [3.63, 3.8) is 0 Å². The number of pyridine rings is 1. The molecule has 0 aliphatic heterocycles. The number of hydrazine groups is 1. The zero-order valence-electron chi connectivity index (χ0n) is 11.9. The van der Waals surface area contributed by atoms with Crippen molar-refractivity contribution in [2.24, 2.45) is 0 Å². The number of rotatable bonds is 3. The van der Waals surface area contributed by atoms with Crippen LogP contribution in [0.15, 0.2) is 24.5 Å². The van der Waals surface area contributed by atoms with E-state index in [1.165, 1.54) is 31.7 Å². The second kappa shape index (κ2) is 5.41. The standard InChI is InChI=1S/C13H16N4O4/c1-13(2,20)12(19)16-15-11(18)8-7-14-17-6-4-5-9(21-3)10(8)17/h4-7,20H,1-3H3,(H,15,18)(H,16,19). The van der Waals surface area contributed by atoms with E-state index in [0.717, 1.165) is 0 Å². The van der Waals surface area contributed by atoms with Gasteiger partial charge in [0, 0.05) is 6.20 Å². The van der Waals surface area contributed by atoms with Crippen molar-refractivity contribution < 1.29 is 19.4 Å². The Kier molecular flexibility index (Phi) is 3.81. The maximum absolute atomic E-state index is 12.1. The minimum absolute atomic E-state index is 0.239. The maximum atomic E-state index is 12.1. The van der Waals surface area contributed by atoms with Gasteiger partial charge in [-0.2, -0.15) is 5.10 Å². The van der Waals surface area contributed by atoms with Gasteiger partial charge in [-0.05, 0) is 26.0 Å². The molecule has 0 aliphatic rings. The third kappa shape index (κ3) is 2.95. The molecule has 3 N–H and O–H groups in total. The molecular weight excluding hydrogens is 276 g/mol. The number of carbonyl (C=O) groups excluding carboxylic acids is 2. The molecule has 0 spiro atoms. The predicted molar refractivity (Wildman–Crippen MR) is 73.7 cm³/mol. The number of nitrogens with one attached hydrogen (secondary N) is 2. The van der Waals surface area contributed by atoms with Gasteiger partial charge in [0.2, 0.25) is 0 Å². The Morgan fingerprint density at radius 1 is 1.38 bits per heavy atom. The van der Waals surface area contributed by atoms with E-state index in [1.54, 1.807) is 18.3 Å². The van der Waals surface area contributed by atoms with Crippen molar-refractivity contribution in [2.75, 3.05) is 7.11 Å². The smallest absolute Gasteiger partial charge is 0.273 e. The number of ether oxygens (including phenoxy) is 1. The lowest BCUT2D eigenvalue weighted by Gasteiger charge is -2.16. The molecule has 0 atom stereocenters. The number of aromatic nitrogens is 2. The van der Waals surface area contributed by atoms with Gasteiger partial charge in [-0.1, -0.05) is 0 Å². The summed E-state index contributed by atoms with van der Waals surface area (Å²) < 4.78 is 6.68. The highest BCUT2D eigenvalue weighted by Gasteiger charge is 2.24. The summed E-state index contributed by atoms with van der Waals surface area (Å²) in [5.41, 5.74) is 3.50. The van der Waals surface area contributed by atoms with Gasteiger partial charge in [-0.25, -0.2) is 4.52 Å². The number of hydrogen-bond acceptors (Lipinski definition) is 5. The normalized spacial score (nSPS) is 11.2. The molecule has 0 saturated heterocycles. The number of methoxy groups -OCH3 is 1. The van der Waals surface area contributed by atoms with Crippen molar-refractivity contribution >= 4 is 17.3 Å². The minimum atomic E-state index is -1.59. The Labute approximate surface area is 120 Å². The highest BCUT2D eigenvalue weighted by molar-refractivity contribution is 6.03. The van der Waals surface area contributed by atoms with Crippen LogP contribution >= 0.6 is 0 Å². The molecule has 2 rings (SSSR count). The fourth-order valence-electron chi connectivity index (χ4n) is 1.68. The van der Waals surface area contributed by atoms with E-state index < -0.39 is 17.4 Å². The van der Waals surface area contributed by atoms with Crippen LogP contribution in [0.3, 0.4) is 0 Å². The van der Waals surface area contributed by atoms with Crippen molar-refractivity contribution in [1.82, 2.24) is 20.5 Å². The largest absolute Gasteiger partial charge is 0.494 e. The van der Waals surface area contributed by atoms with Gasteiger partial charge in [0.1, 0.15) is 16.9 Å². The SMILES string of the molecule is COc1cccn2ncc(C(=O)NNC(=O)C(C)(C)O)c12. The first-order valence-electron chi connectivity index (χ1n) is 6.18. The van der Waals surface area contributed by atoms with Crippen LogP contribution in [0.25, 0.3) is 5.52 Å². The zero-order valence-corrected chi connectivity index (χ0v) is 11.9. The number of fused-ring (bicyclic) bond motifs is 1. The molecule has 0 saturated carbocycles. The number of carbonyl (C=O) groups is 2. The van der Waals surface area contributed by atoms with Crippen molar-refractivity contribution in [1.29, 1.82) is 0 Å². The summed E-state index contributed by atoms with van der Waals surface area (Å²) in [6.07, 6.45) is 3.04. The summed E-state index contributed by atoms with van der Waals surface area (Å²) >= 11 is 0. The zero-order chi connectivity index (χ0) is 15.6. The summed E-state index contributed by atoms with van der Waals surface area (Å²) in [6.45, 7) is 2.62. The molecule has 0 radical (unpaired) electrons. The number of amides is 2. The molecule has 8 heteroatoms. The Morgan fingerprint density at radius 2 is 2.10 bits per heavy atom. The summed E-state index contributed by atoms with van der Waals surface area (Å²) in [4.78, 5) is 23.6. The van der Waals surface area contributed by atoms with Gasteiger partial charge in [-0.3, -0.25) is 20.4 Å². The molecule has 0 bridgehead atoms. The van der Waals surface area contributed by atoms with Crippen LogP contribution in [0, 0.1) is 0 Å². The minimum Gasteiger partial charge on any atom is -0.494 e. The molecule has 0 unspecified atom stereocenters. The highest BCUT2D eigenvalue weighted by atomic mass is 16.5. The summed E-state index contributed by atoms with van der Waals surface area (Å²) in [5, 5.41) is 13.5. The van der Waals surface area contributed by atoms with E-state index in [1.807, 2.05) is 0 Å². The second-order valence-corrected chi connectivity index (χ2v) is 4.90. The average Bonchev–Trinajstić information content (AvgIpc) is 2.87. The molecule has 0 aromatic carbocycles. The topological polar surface area (TPSA) is 105 Å². The van der Waals surface area contributed by atoms with Crippen LogP contribution in [0.2, 0.25) is 0 Å². The highest BCUT2D eigenvalue weighted by Crippen LogP contribution is 2.22. The van der Waals surface area contributed by atoms with Crippen LogP contribution in [0.1, 0.15) is 24.2 Å². The summed E-state index contributed by atoms with van der Waals surface area (Å²) in [5.74, 6) is -0.805. The van der Waals surface area contributed by atoms with E-state index in [9.17, 15) is 14.7 Å². The first kappa shape index (κ1) is 14.8. The lowest BCUT2D eigenvalue weighted by molar-refractivity contribution is -0.137. The molecule has 2 heterocycles. The lowest BCUT2D eigenvalue weighted by Crippen LogP contribution is -2.50. The molecule has 2 aromatic rings.